The summed E-state index contributed by atoms with van der Waals surface area (Å²) in [4.78, 5) is 27.0. The first-order valence-electron chi connectivity index (χ1n) is 9.31. The quantitative estimate of drug-likeness (QED) is 0.535. The molecule has 29 heavy (non-hydrogen) atoms. The van der Waals surface area contributed by atoms with E-state index in [-0.39, 0.29) is 17.3 Å². The van der Waals surface area contributed by atoms with Crippen LogP contribution in [0, 0.1) is 11.7 Å². The van der Waals surface area contributed by atoms with Gasteiger partial charge in [-0.3, -0.25) is 9.78 Å². The van der Waals surface area contributed by atoms with E-state index in [1.165, 1.54) is 29.2 Å². The third-order valence-electron chi connectivity index (χ3n) is 5.09. The Bertz CT molecular complexity index is 1240. The first-order valence-corrected chi connectivity index (χ1v) is 9.31. The fourth-order valence-electron chi connectivity index (χ4n) is 3.62. The van der Waals surface area contributed by atoms with Gasteiger partial charge in [0.2, 0.25) is 0 Å². The van der Waals surface area contributed by atoms with Crippen LogP contribution in [0.5, 0.6) is 0 Å². The van der Waals surface area contributed by atoms with Crippen LogP contribution in [0.1, 0.15) is 0 Å². The van der Waals surface area contributed by atoms with E-state index in [0.29, 0.717) is 12.1 Å². The van der Waals surface area contributed by atoms with Gasteiger partial charge in [0.05, 0.1) is 17.8 Å². The number of halogens is 1. The van der Waals surface area contributed by atoms with Gasteiger partial charge in [-0.1, -0.05) is 0 Å². The Morgan fingerprint density at radius 1 is 1.10 bits per heavy atom. The summed E-state index contributed by atoms with van der Waals surface area (Å²) in [7, 11) is 0. The fraction of sp³-hybridized carbons (Fsp3) is 0.190. The van der Waals surface area contributed by atoms with Crippen molar-refractivity contribution in [3.63, 3.8) is 0 Å². The molecule has 0 atom stereocenters. The highest BCUT2D eigenvalue weighted by Gasteiger charge is 2.30. The number of nitrogens with zero attached hydrogens (tertiary/aromatic N) is 6. The first kappa shape index (κ1) is 17.4. The number of anilines is 1. The molecule has 4 aromatic rings. The molecule has 0 saturated carbocycles. The second-order valence-corrected chi connectivity index (χ2v) is 7.11. The van der Waals surface area contributed by atoms with Crippen molar-refractivity contribution in [3.8, 4) is 11.3 Å². The average Bonchev–Trinajstić information content (AvgIpc) is 2.71. The molecule has 1 saturated heterocycles. The predicted molar refractivity (Wildman–Crippen MR) is 107 cm³/mol. The van der Waals surface area contributed by atoms with Crippen LogP contribution in [0.2, 0.25) is 0 Å². The maximum absolute atomic E-state index is 13.4. The van der Waals surface area contributed by atoms with Crippen LogP contribution in [0.25, 0.3) is 22.2 Å². The number of pyridine rings is 1. The van der Waals surface area contributed by atoms with Crippen molar-refractivity contribution in [1.82, 2.24) is 24.7 Å². The second kappa shape index (κ2) is 7.05. The minimum Gasteiger partial charge on any atom is -0.355 e. The van der Waals surface area contributed by atoms with Crippen LogP contribution in [-0.2, 0) is 6.54 Å². The van der Waals surface area contributed by atoms with Gasteiger partial charge in [-0.15, -0.1) is 0 Å². The molecule has 0 aliphatic carbocycles. The molecule has 4 heterocycles. The van der Waals surface area contributed by atoms with E-state index in [9.17, 15) is 9.18 Å². The number of benzene rings is 1. The molecule has 0 radical (unpaired) electrons. The van der Waals surface area contributed by atoms with E-state index < -0.39 is 0 Å². The lowest BCUT2D eigenvalue weighted by atomic mass is 9.99. The van der Waals surface area contributed by atoms with Gasteiger partial charge in [0.1, 0.15) is 18.0 Å². The Balaban J connectivity index is 1.33. The van der Waals surface area contributed by atoms with Crippen molar-refractivity contribution in [2.75, 3.05) is 18.0 Å². The topological polar surface area (TPSA) is 76.8 Å². The molecule has 1 aromatic carbocycles. The summed E-state index contributed by atoms with van der Waals surface area (Å²) >= 11 is 0. The summed E-state index contributed by atoms with van der Waals surface area (Å²) in [6, 6.07) is 11.5. The molecule has 1 fully saturated rings. The van der Waals surface area contributed by atoms with Crippen molar-refractivity contribution in [2.24, 2.45) is 5.92 Å². The Morgan fingerprint density at radius 3 is 2.83 bits per heavy atom. The van der Waals surface area contributed by atoms with Crippen LogP contribution >= 0.6 is 0 Å². The molecular weight excluding hydrogens is 371 g/mol. The van der Waals surface area contributed by atoms with Crippen molar-refractivity contribution >= 4 is 16.7 Å². The molecule has 0 N–H and O–H groups in total. The summed E-state index contributed by atoms with van der Waals surface area (Å²) in [5.74, 6) is 0.744. The number of hydrogen-bond donors (Lipinski definition) is 0. The summed E-state index contributed by atoms with van der Waals surface area (Å²) in [5.41, 5.74) is 2.05. The molecule has 3 aromatic heterocycles. The maximum atomic E-state index is 13.4. The molecule has 144 valence electrons. The number of hydrogen-bond acceptors (Lipinski definition) is 6. The van der Waals surface area contributed by atoms with E-state index in [1.54, 1.807) is 24.5 Å². The lowest BCUT2D eigenvalue weighted by Gasteiger charge is -2.40. The first-order chi connectivity index (χ1) is 14.2. The molecule has 1 aliphatic rings. The van der Waals surface area contributed by atoms with Crippen molar-refractivity contribution in [1.29, 1.82) is 0 Å². The average molecular weight is 388 g/mol. The smallest absolute Gasteiger partial charge is 0.266 e. The highest BCUT2D eigenvalue weighted by atomic mass is 19.1. The van der Waals surface area contributed by atoms with E-state index >= 15 is 0 Å². The summed E-state index contributed by atoms with van der Waals surface area (Å²) in [6.45, 7) is 2.02. The molecule has 0 bridgehead atoms. The zero-order chi connectivity index (χ0) is 19.8. The number of fused-ring (bicyclic) bond motifs is 1. The van der Waals surface area contributed by atoms with Crippen LogP contribution in [0.4, 0.5) is 10.2 Å². The summed E-state index contributed by atoms with van der Waals surface area (Å²) in [5, 5.41) is 5.32. The summed E-state index contributed by atoms with van der Waals surface area (Å²) < 4.78 is 15.0. The van der Waals surface area contributed by atoms with Crippen LogP contribution in [0.3, 0.4) is 0 Å². The van der Waals surface area contributed by atoms with Crippen molar-refractivity contribution < 1.29 is 4.39 Å². The maximum Gasteiger partial charge on any atom is 0.266 e. The van der Waals surface area contributed by atoms with Crippen LogP contribution in [-0.4, -0.2) is 37.8 Å². The zero-order valence-corrected chi connectivity index (χ0v) is 15.4. The van der Waals surface area contributed by atoms with E-state index in [4.69, 9.17) is 0 Å². The SMILES string of the molecule is O=c1ccc(-c2cccnc2)nn1CC1CN(c2ncnc3cc(F)ccc23)C1. The van der Waals surface area contributed by atoms with E-state index in [2.05, 4.69) is 25.0 Å². The van der Waals surface area contributed by atoms with Gasteiger partial charge < -0.3 is 4.90 Å². The Kier molecular flexibility index (Phi) is 4.23. The van der Waals surface area contributed by atoms with Gasteiger partial charge in [-0.2, -0.15) is 5.10 Å². The second-order valence-electron chi connectivity index (χ2n) is 7.11. The van der Waals surface area contributed by atoms with Gasteiger partial charge in [-0.25, -0.2) is 19.0 Å². The van der Waals surface area contributed by atoms with Gasteiger partial charge in [-0.05, 0) is 30.3 Å². The van der Waals surface area contributed by atoms with Gasteiger partial charge >= 0.3 is 0 Å². The van der Waals surface area contributed by atoms with Gasteiger partial charge in [0, 0.05) is 54.5 Å². The zero-order valence-electron chi connectivity index (χ0n) is 15.4. The molecular formula is C21H17FN6O. The third kappa shape index (κ3) is 3.33. The molecule has 5 rings (SSSR count). The molecule has 8 heteroatoms. The van der Waals surface area contributed by atoms with Crippen molar-refractivity contribution in [3.05, 3.63) is 77.4 Å². The molecule has 1 aliphatic heterocycles. The van der Waals surface area contributed by atoms with Crippen LogP contribution in [0.15, 0.2) is 66.0 Å². The van der Waals surface area contributed by atoms with E-state index in [0.717, 1.165) is 35.6 Å². The summed E-state index contributed by atoms with van der Waals surface area (Å²) in [6.07, 6.45) is 4.88. The Labute approximate surface area is 165 Å². The fourth-order valence-corrected chi connectivity index (χ4v) is 3.62. The largest absolute Gasteiger partial charge is 0.355 e. The normalized spacial score (nSPS) is 14.2. The van der Waals surface area contributed by atoms with Gasteiger partial charge in [0.15, 0.2) is 0 Å². The highest BCUT2D eigenvalue weighted by Crippen LogP contribution is 2.29. The van der Waals surface area contributed by atoms with Crippen molar-refractivity contribution in [2.45, 2.75) is 6.54 Å². The highest BCUT2D eigenvalue weighted by molar-refractivity contribution is 5.89. The Hall–Kier alpha value is -3.68. The monoisotopic (exact) mass is 388 g/mol. The minimum absolute atomic E-state index is 0.126. The minimum atomic E-state index is -0.317. The molecule has 0 amide bonds. The van der Waals surface area contributed by atoms with Gasteiger partial charge in [0.25, 0.3) is 5.56 Å². The molecule has 0 spiro atoms. The lowest BCUT2D eigenvalue weighted by molar-refractivity contribution is 0.334. The predicted octanol–water partition coefficient (Wildman–Crippen LogP) is 2.52. The standard InChI is InChI=1S/C21H17FN6O/c22-16-3-4-17-19(8-16)24-13-25-21(17)27-10-14(11-27)12-28-20(29)6-5-18(26-28)15-2-1-7-23-9-15/h1-9,13-14H,10-12H2. The van der Waals surface area contributed by atoms with E-state index in [1.807, 2.05) is 12.1 Å². The Morgan fingerprint density at radius 2 is 2.00 bits per heavy atom. The number of aromatic nitrogens is 5. The third-order valence-corrected chi connectivity index (χ3v) is 5.09. The molecule has 0 unspecified atom stereocenters. The number of rotatable bonds is 4. The van der Waals surface area contributed by atoms with Crippen LogP contribution < -0.4 is 10.5 Å². The lowest BCUT2D eigenvalue weighted by Crippen LogP contribution is -2.50. The molecule has 7 nitrogen and oxygen atoms in total.